The Kier molecular flexibility index (Phi) is 7.96. The first-order chi connectivity index (χ1) is 13.5. The van der Waals surface area contributed by atoms with Gasteiger partial charge in [0.25, 0.3) is 0 Å². The highest BCUT2D eigenvalue weighted by atomic mass is 35.5. The van der Waals surface area contributed by atoms with Gasteiger partial charge in [-0.2, -0.15) is 0 Å². The number of thiazole rings is 1. The highest BCUT2D eigenvalue weighted by molar-refractivity contribution is 7.18. The number of halogens is 2. The molecule has 0 aliphatic carbocycles. The van der Waals surface area contributed by atoms with Crippen molar-refractivity contribution in [2.24, 2.45) is 0 Å². The quantitative estimate of drug-likeness (QED) is 0.520. The van der Waals surface area contributed by atoms with E-state index < -0.39 is 18.1 Å². The Balaban J connectivity index is 0.00000160. The number of carboxylic acid groups (broad SMARTS) is 1. The number of aliphatic hydroxyl groups is 1. The summed E-state index contributed by atoms with van der Waals surface area (Å²) in [5, 5.41) is 23.0. The van der Waals surface area contributed by atoms with Crippen LogP contribution in [0, 0.1) is 6.92 Å². The molecular weight excluding hydrogens is 449 g/mol. The number of carbonyl (C=O) groups is 1. The molecule has 1 aliphatic heterocycles. The van der Waals surface area contributed by atoms with E-state index in [1.54, 1.807) is 17.3 Å². The fraction of sp³-hybridized carbons (Fsp3) is 0.263. The summed E-state index contributed by atoms with van der Waals surface area (Å²) in [6.45, 7) is 2.26. The molecule has 11 heteroatoms. The molecule has 8 nitrogen and oxygen atoms in total. The highest BCUT2D eigenvalue weighted by Crippen LogP contribution is 2.34. The molecule has 4 rings (SSSR count). The predicted octanol–water partition coefficient (Wildman–Crippen LogP) is 3.52. The number of hydrogen-bond donors (Lipinski definition) is 3. The lowest BCUT2D eigenvalue weighted by Crippen LogP contribution is -2.35. The minimum Gasteiger partial charge on any atom is -0.480 e. The number of rotatable bonds is 5. The van der Waals surface area contributed by atoms with Crippen LogP contribution in [0.5, 0.6) is 0 Å². The van der Waals surface area contributed by atoms with Crippen molar-refractivity contribution in [3.8, 4) is 10.6 Å². The van der Waals surface area contributed by atoms with E-state index in [4.69, 9.17) is 0 Å². The van der Waals surface area contributed by atoms with Gasteiger partial charge in [-0.3, -0.25) is 0 Å². The Morgan fingerprint density at radius 1 is 1.23 bits per heavy atom. The summed E-state index contributed by atoms with van der Waals surface area (Å²) >= 11 is 1.36. The minimum atomic E-state index is -0.955. The van der Waals surface area contributed by atoms with Gasteiger partial charge in [-0.1, -0.05) is 17.4 Å². The molecule has 0 bridgehead atoms. The number of nitrogens with zero attached hydrogens (tertiary/aromatic N) is 4. The smallest absolute Gasteiger partial charge is 0.326 e. The van der Waals surface area contributed by atoms with Crippen LogP contribution < -0.4 is 10.2 Å². The fourth-order valence-electron chi connectivity index (χ4n) is 3.15. The molecule has 1 saturated heterocycles. The van der Waals surface area contributed by atoms with Gasteiger partial charge >= 0.3 is 5.97 Å². The standard InChI is InChI=1S/C19H19N5O3S.2ClH/c1-11-5-6-20-17(7-11)23-16-4-2-3-13(22-16)15-9-21-19(28-15)24-10-12(25)8-14(24)18(26)27;;/h2-7,9,12,14,25H,8,10H2,1H3,(H,26,27)(H,20,22,23);2*1H/t12-,14+;;/m1../s1. The lowest BCUT2D eigenvalue weighted by molar-refractivity contribution is -0.138. The maximum Gasteiger partial charge on any atom is 0.326 e. The molecule has 3 aromatic heterocycles. The second-order valence-electron chi connectivity index (χ2n) is 6.65. The van der Waals surface area contributed by atoms with Gasteiger partial charge in [0.2, 0.25) is 0 Å². The highest BCUT2D eigenvalue weighted by Gasteiger charge is 2.37. The number of nitrogens with one attached hydrogen (secondary N) is 1. The van der Waals surface area contributed by atoms with Gasteiger partial charge in [0, 0.05) is 25.4 Å². The van der Waals surface area contributed by atoms with Gasteiger partial charge in [-0.25, -0.2) is 19.7 Å². The van der Waals surface area contributed by atoms with E-state index in [1.807, 2.05) is 37.3 Å². The van der Waals surface area contributed by atoms with Crippen LogP contribution >= 0.6 is 36.2 Å². The van der Waals surface area contributed by atoms with Crippen LogP contribution in [0.3, 0.4) is 0 Å². The van der Waals surface area contributed by atoms with E-state index in [0.717, 1.165) is 16.1 Å². The normalized spacial score (nSPS) is 17.7. The molecule has 0 radical (unpaired) electrons. The molecule has 0 aromatic carbocycles. The number of β-amino-alcohol motifs (C(OH)–C–C–N with tert-alkyl or cyclic N) is 1. The Labute approximate surface area is 189 Å². The van der Waals surface area contributed by atoms with Crippen molar-refractivity contribution in [1.82, 2.24) is 15.0 Å². The zero-order valence-electron chi connectivity index (χ0n) is 15.9. The summed E-state index contributed by atoms with van der Waals surface area (Å²) < 4.78 is 0. The van der Waals surface area contributed by atoms with E-state index in [0.29, 0.717) is 16.8 Å². The molecule has 0 amide bonds. The summed E-state index contributed by atoms with van der Waals surface area (Å²) in [6.07, 6.45) is 2.95. The van der Waals surface area contributed by atoms with Crippen LogP contribution in [0.25, 0.3) is 10.6 Å². The Morgan fingerprint density at radius 3 is 2.77 bits per heavy atom. The van der Waals surface area contributed by atoms with E-state index >= 15 is 0 Å². The van der Waals surface area contributed by atoms with E-state index in [2.05, 4.69) is 20.3 Å². The van der Waals surface area contributed by atoms with Crippen LogP contribution in [0.15, 0.2) is 42.7 Å². The summed E-state index contributed by atoms with van der Waals surface area (Å²) in [7, 11) is 0. The van der Waals surface area contributed by atoms with Crippen LogP contribution in [-0.2, 0) is 4.79 Å². The van der Waals surface area contributed by atoms with Crippen molar-refractivity contribution in [2.75, 3.05) is 16.8 Å². The first-order valence-electron chi connectivity index (χ1n) is 8.80. The van der Waals surface area contributed by atoms with Crippen molar-refractivity contribution in [3.05, 3.63) is 48.3 Å². The number of hydrogen-bond acceptors (Lipinski definition) is 8. The summed E-state index contributed by atoms with van der Waals surface area (Å²) in [6, 6.07) is 8.71. The number of anilines is 3. The van der Waals surface area contributed by atoms with Crippen LogP contribution in [0.2, 0.25) is 0 Å². The van der Waals surface area contributed by atoms with Crippen molar-refractivity contribution in [2.45, 2.75) is 25.5 Å². The first kappa shape index (κ1) is 23.8. The minimum absolute atomic E-state index is 0. The van der Waals surface area contributed by atoms with Gasteiger partial charge in [0.05, 0.1) is 16.7 Å². The van der Waals surface area contributed by atoms with E-state index in [-0.39, 0.29) is 37.8 Å². The monoisotopic (exact) mass is 469 g/mol. The molecule has 30 heavy (non-hydrogen) atoms. The largest absolute Gasteiger partial charge is 0.480 e. The number of aryl methyl sites for hydroxylation is 1. The number of aliphatic hydroxyl groups excluding tert-OH is 1. The Hall–Kier alpha value is -2.46. The molecule has 1 fully saturated rings. The molecule has 2 atom stereocenters. The molecule has 160 valence electrons. The predicted molar refractivity (Wildman–Crippen MR) is 121 cm³/mol. The summed E-state index contributed by atoms with van der Waals surface area (Å²) in [5.41, 5.74) is 1.83. The third kappa shape index (κ3) is 5.17. The maximum absolute atomic E-state index is 11.4. The van der Waals surface area contributed by atoms with Gasteiger partial charge in [0.1, 0.15) is 17.7 Å². The Morgan fingerprint density at radius 2 is 2.03 bits per heavy atom. The van der Waals surface area contributed by atoms with E-state index in [9.17, 15) is 15.0 Å². The number of aromatic nitrogens is 3. The van der Waals surface area contributed by atoms with Crippen molar-refractivity contribution in [1.29, 1.82) is 0 Å². The van der Waals surface area contributed by atoms with Crippen molar-refractivity contribution >= 4 is 58.9 Å². The first-order valence-corrected chi connectivity index (χ1v) is 9.62. The van der Waals surface area contributed by atoms with Crippen molar-refractivity contribution < 1.29 is 15.0 Å². The van der Waals surface area contributed by atoms with Gasteiger partial charge in [-0.15, -0.1) is 24.8 Å². The van der Waals surface area contributed by atoms with Crippen LogP contribution in [0.4, 0.5) is 16.8 Å². The second kappa shape index (κ2) is 10.0. The number of pyridine rings is 2. The van der Waals surface area contributed by atoms with E-state index in [1.165, 1.54) is 11.3 Å². The van der Waals surface area contributed by atoms with Crippen LogP contribution in [-0.4, -0.2) is 49.8 Å². The van der Waals surface area contributed by atoms with Gasteiger partial charge < -0.3 is 20.4 Å². The van der Waals surface area contributed by atoms with Crippen molar-refractivity contribution in [3.63, 3.8) is 0 Å². The molecule has 4 heterocycles. The lowest BCUT2D eigenvalue weighted by atomic mass is 10.2. The van der Waals surface area contributed by atoms with Crippen LogP contribution in [0.1, 0.15) is 12.0 Å². The lowest BCUT2D eigenvalue weighted by Gasteiger charge is -2.19. The SMILES string of the molecule is Cc1ccnc(Nc2cccc(-c3cnc(N4C[C@H](O)C[C@H]4C(=O)O)s3)n2)c1.Cl.Cl. The topological polar surface area (TPSA) is 111 Å². The third-order valence-corrected chi connectivity index (χ3v) is 5.53. The fourth-order valence-corrected chi connectivity index (χ4v) is 4.10. The summed E-state index contributed by atoms with van der Waals surface area (Å²) in [4.78, 5) is 27.2. The zero-order valence-corrected chi connectivity index (χ0v) is 18.4. The molecule has 0 spiro atoms. The third-order valence-electron chi connectivity index (χ3n) is 4.48. The second-order valence-corrected chi connectivity index (χ2v) is 7.66. The van der Waals surface area contributed by atoms with Gasteiger partial charge in [-0.05, 0) is 36.8 Å². The molecule has 0 saturated carbocycles. The molecule has 3 N–H and O–H groups in total. The molecule has 3 aromatic rings. The van der Waals surface area contributed by atoms with Gasteiger partial charge in [0.15, 0.2) is 5.13 Å². The number of aliphatic carboxylic acids is 1. The maximum atomic E-state index is 11.4. The Bertz CT molecular complexity index is 1020. The molecular formula is C19H21Cl2N5O3S. The average molecular weight is 470 g/mol. The number of carboxylic acids is 1. The summed E-state index contributed by atoms with van der Waals surface area (Å²) in [5.74, 6) is 0.416. The molecule has 0 unspecified atom stereocenters. The average Bonchev–Trinajstić information content (AvgIpc) is 3.28. The zero-order chi connectivity index (χ0) is 19.7. The molecule has 1 aliphatic rings.